The molecule has 0 aliphatic heterocycles. The van der Waals surface area contributed by atoms with Gasteiger partial charge in [0.25, 0.3) is 11.8 Å². The van der Waals surface area contributed by atoms with Gasteiger partial charge in [0.2, 0.25) is 0 Å². The van der Waals surface area contributed by atoms with E-state index in [1.807, 2.05) is 12.1 Å². The van der Waals surface area contributed by atoms with Gasteiger partial charge in [-0.05, 0) is 115 Å². The Kier molecular flexibility index (Phi) is 7.39. The van der Waals surface area contributed by atoms with Crippen molar-refractivity contribution in [1.29, 1.82) is 0 Å². The number of hydrazone groups is 1. The van der Waals surface area contributed by atoms with Gasteiger partial charge in [0.15, 0.2) is 18.1 Å². The van der Waals surface area contributed by atoms with Crippen molar-refractivity contribution in [3.63, 3.8) is 0 Å². The van der Waals surface area contributed by atoms with Crippen molar-refractivity contribution < 1.29 is 19.1 Å². The predicted octanol–water partition coefficient (Wildman–Crippen LogP) is 5.53. The normalized spacial score (nSPS) is 24.3. The summed E-state index contributed by atoms with van der Waals surface area (Å²) in [7, 11) is 1.52. The van der Waals surface area contributed by atoms with E-state index < -0.39 is 5.91 Å². The minimum atomic E-state index is -0.403. The van der Waals surface area contributed by atoms with Crippen molar-refractivity contribution in [1.82, 2.24) is 5.43 Å². The average molecular weight is 553 g/mol. The van der Waals surface area contributed by atoms with Crippen LogP contribution in [0.15, 0.2) is 71.8 Å². The average Bonchev–Trinajstić information content (AvgIpc) is 2.96. The second-order valence-corrected chi connectivity index (χ2v) is 11.8. The fraction of sp³-hybridized carbons (Fsp3) is 0.364. The third kappa shape index (κ3) is 5.78. The van der Waals surface area contributed by atoms with Gasteiger partial charge >= 0.3 is 0 Å². The summed E-state index contributed by atoms with van der Waals surface area (Å²) >= 11 is 0. The van der Waals surface area contributed by atoms with Gasteiger partial charge < -0.3 is 20.5 Å². The van der Waals surface area contributed by atoms with Crippen molar-refractivity contribution in [2.45, 2.75) is 43.9 Å². The highest BCUT2D eigenvalue weighted by Gasteiger charge is 2.51. The maximum absolute atomic E-state index is 12.7. The second kappa shape index (κ2) is 11.3. The molecule has 212 valence electrons. The third-order valence-corrected chi connectivity index (χ3v) is 8.95. The highest BCUT2D eigenvalue weighted by Crippen LogP contribution is 2.60. The molecule has 41 heavy (non-hydrogen) atoms. The van der Waals surface area contributed by atoms with E-state index in [-0.39, 0.29) is 12.5 Å². The number of amides is 2. The standard InChI is InChI=1S/C33H36N4O4/c1-40-30-15-21(19-35-37-32(39)27-4-2-3-5-28(27)34)6-11-29(30)41-20-31(38)36-26-9-7-25(8-10-26)33-16-22-12-23(17-33)14-24(13-22)18-33/h2-11,15,19,22-24H,12-14,16-18,20,34H2,1H3,(H,36,38)(H,37,39)/b35-19+. The Hall–Kier alpha value is -4.33. The molecule has 0 spiro atoms. The molecule has 0 heterocycles. The van der Waals surface area contributed by atoms with Crippen LogP contribution in [-0.2, 0) is 10.2 Å². The number of ether oxygens (including phenoxy) is 2. The van der Waals surface area contributed by atoms with Crippen molar-refractivity contribution in [2.75, 3.05) is 24.8 Å². The number of hydrogen-bond donors (Lipinski definition) is 3. The van der Waals surface area contributed by atoms with Crippen LogP contribution in [0.3, 0.4) is 0 Å². The molecule has 4 aliphatic rings. The number of benzene rings is 3. The summed E-state index contributed by atoms with van der Waals surface area (Å²) in [5.74, 6) is 2.92. The van der Waals surface area contributed by atoms with Crippen molar-refractivity contribution in [3.05, 3.63) is 83.4 Å². The Morgan fingerprint density at radius 1 is 0.951 bits per heavy atom. The smallest absolute Gasteiger partial charge is 0.273 e. The summed E-state index contributed by atoms with van der Waals surface area (Å²) in [6.45, 7) is -0.158. The number of nitrogens with zero attached hydrogens (tertiary/aromatic N) is 1. The van der Waals surface area contributed by atoms with Crippen molar-refractivity contribution in [3.8, 4) is 11.5 Å². The number of para-hydroxylation sites is 1. The Balaban J connectivity index is 1.02. The molecular formula is C33H36N4O4. The first-order chi connectivity index (χ1) is 19.9. The van der Waals surface area contributed by atoms with E-state index in [1.54, 1.807) is 42.5 Å². The number of anilines is 2. The molecule has 0 atom stereocenters. The fourth-order valence-electron chi connectivity index (χ4n) is 7.52. The Labute approximate surface area is 240 Å². The summed E-state index contributed by atoms with van der Waals surface area (Å²) in [5, 5.41) is 6.95. The van der Waals surface area contributed by atoms with Crippen LogP contribution in [0.2, 0.25) is 0 Å². The molecule has 4 saturated carbocycles. The lowest BCUT2D eigenvalue weighted by molar-refractivity contribution is -0.118. The summed E-state index contributed by atoms with van der Waals surface area (Å²) in [6.07, 6.45) is 9.74. The maximum atomic E-state index is 12.7. The van der Waals surface area contributed by atoms with Crippen LogP contribution in [0, 0.1) is 17.8 Å². The first-order valence-corrected chi connectivity index (χ1v) is 14.3. The maximum Gasteiger partial charge on any atom is 0.273 e. The number of hydrogen-bond acceptors (Lipinski definition) is 6. The van der Waals surface area contributed by atoms with Gasteiger partial charge in [-0.15, -0.1) is 0 Å². The quantitative estimate of drug-likeness (QED) is 0.184. The number of nitrogen functional groups attached to an aromatic ring is 1. The first-order valence-electron chi connectivity index (χ1n) is 14.3. The van der Waals surface area contributed by atoms with Gasteiger partial charge in [-0.2, -0.15) is 5.10 Å². The highest BCUT2D eigenvalue weighted by atomic mass is 16.5. The van der Waals surface area contributed by atoms with E-state index in [0.717, 1.165) is 23.4 Å². The van der Waals surface area contributed by atoms with E-state index in [1.165, 1.54) is 57.4 Å². The number of carbonyl (C=O) groups excluding carboxylic acids is 2. The number of rotatable bonds is 9. The lowest BCUT2D eigenvalue weighted by atomic mass is 9.48. The van der Waals surface area contributed by atoms with E-state index in [9.17, 15) is 9.59 Å². The van der Waals surface area contributed by atoms with Gasteiger partial charge in [0, 0.05) is 11.4 Å². The molecule has 4 bridgehead atoms. The highest BCUT2D eigenvalue weighted by molar-refractivity contribution is 5.99. The van der Waals surface area contributed by atoms with Crippen LogP contribution < -0.4 is 25.9 Å². The summed E-state index contributed by atoms with van der Waals surface area (Å²) in [6, 6.07) is 20.4. The molecule has 7 rings (SSSR count). The van der Waals surface area contributed by atoms with E-state index >= 15 is 0 Å². The number of carbonyl (C=O) groups is 2. The molecule has 8 heteroatoms. The molecule has 3 aromatic carbocycles. The zero-order valence-electron chi connectivity index (χ0n) is 23.3. The van der Waals surface area contributed by atoms with Crippen LogP contribution in [-0.4, -0.2) is 31.7 Å². The monoisotopic (exact) mass is 552 g/mol. The van der Waals surface area contributed by atoms with Crippen LogP contribution >= 0.6 is 0 Å². The summed E-state index contributed by atoms with van der Waals surface area (Å²) in [4.78, 5) is 24.9. The Morgan fingerprint density at radius 3 is 2.29 bits per heavy atom. The molecule has 4 fully saturated rings. The van der Waals surface area contributed by atoms with E-state index in [2.05, 4.69) is 28.0 Å². The number of nitrogens with one attached hydrogen (secondary N) is 2. The minimum Gasteiger partial charge on any atom is -0.493 e. The van der Waals surface area contributed by atoms with Crippen molar-refractivity contribution >= 4 is 29.4 Å². The molecule has 0 unspecified atom stereocenters. The van der Waals surface area contributed by atoms with Crippen LogP contribution in [0.4, 0.5) is 11.4 Å². The molecule has 4 aliphatic carbocycles. The van der Waals surface area contributed by atoms with Gasteiger partial charge in [0.1, 0.15) is 0 Å². The molecular weight excluding hydrogens is 516 g/mol. The van der Waals surface area contributed by atoms with Gasteiger partial charge in [0.05, 0.1) is 18.9 Å². The fourth-order valence-corrected chi connectivity index (χ4v) is 7.52. The molecule has 2 amide bonds. The van der Waals surface area contributed by atoms with E-state index in [0.29, 0.717) is 33.7 Å². The first kappa shape index (κ1) is 26.9. The largest absolute Gasteiger partial charge is 0.493 e. The van der Waals surface area contributed by atoms with Crippen LogP contribution in [0.25, 0.3) is 0 Å². The van der Waals surface area contributed by atoms with Gasteiger partial charge in [-0.25, -0.2) is 5.43 Å². The number of nitrogens with two attached hydrogens (primary N) is 1. The molecule has 8 nitrogen and oxygen atoms in total. The molecule has 0 aromatic heterocycles. The van der Waals surface area contributed by atoms with E-state index in [4.69, 9.17) is 15.2 Å². The number of methoxy groups -OCH3 is 1. The lowest BCUT2D eigenvalue weighted by Crippen LogP contribution is -2.48. The van der Waals surface area contributed by atoms with Gasteiger partial charge in [-0.3, -0.25) is 9.59 Å². The molecule has 4 N–H and O–H groups in total. The topological polar surface area (TPSA) is 115 Å². The Bertz CT molecular complexity index is 1430. The third-order valence-electron chi connectivity index (χ3n) is 8.95. The predicted molar refractivity (Wildman–Crippen MR) is 159 cm³/mol. The second-order valence-electron chi connectivity index (χ2n) is 11.8. The molecule has 3 aromatic rings. The van der Waals surface area contributed by atoms with Crippen LogP contribution in [0.1, 0.15) is 60.0 Å². The SMILES string of the molecule is COc1cc(/C=N/NC(=O)c2ccccc2N)ccc1OCC(=O)Nc1ccc(C23CC4CC(CC(C4)C2)C3)cc1. The molecule has 0 radical (unpaired) electrons. The van der Waals surface area contributed by atoms with Crippen molar-refractivity contribution in [2.24, 2.45) is 22.9 Å². The van der Waals surface area contributed by atoms with Gasteiger partial charge in [-0.1, -0.05) is 24.3 Å². The Morgan fingerprint density at radius 2 is 1.63 bits per heavy atom. The summed E-state index contributed by atoms with van der Waals surface area (Å²) < 4.78 is 11.2. The zero-order chi connectivity index (χ0) is 28.4. The minimum absolute atomic E-state index is 0.158. The van der Waals surface area contributed by atoms with Crippen LogP contribution in [0.5, 0.6) is 11.5 Å². The summed E-state index contributed by atoms with van der Waals surface area (Å²) in [5.41, 5.74) is 12.3. The molecule has 0 saturated heterocycles. The lowest BCUT2D eigenvalue weighted by Gasteiger charge is -2.57. The zero-order valence-corrected chi connectivity index (χ0v) is 23.3.